The lowest BCUT2D eigenvalue weighted by Crippen LogP contribution is -2.46. The minimum atomic E-state index is -0.314. The van der Waals surface area contributed by atoms with Crippen LogP contribution >= 0.6 is 0 Å². The Bertz CT molecular complexity index is 971. The standard InChI is InChI=1S/C26H33NO5/c1-25(2)16-32-22-11-10-20(30-4)12-21(22)26(17-29-3)15-27(14-23(25)26)13-18-6-8-19(9-7-18)24(28)31-5/h6-12,23H,13-17H2,1-5H3/t23-,26-/m1/s1. The van der Waals surface area contributed by atoms with Crippen LogP contribution in [0.15, 0.2) is 42.5 Å². The second-order valence-electron chi connectivity index (χ2n) is 9.64. The number of carbonyl (C=O) groups is 1. The molecule has 0 amide bonds. The molecule has 172 valence electrons. The minimum absolute atomic E-state index is 0.0335. The molecule has 2 atom stereocenters. The number of nitrogens with zero attached hydrogens (tertiary/aromatic N) is 1. The van der Waals surface area contributed by atoms with Crippen LogP contribution in [-0.4, -0.2) is 58.5 Å². The fourth-order valence-electron chi connectivity index (χ4n) is 5.51. The van der Waals surface area contributed by atoms with Crippen LogP contribution < -0.4 is 9.47 Å². The minimum Gasteiger partial charge on any atom is -0.497 e. The number of hydrogen-bond donors (Lipinski definition) is 0. The number of fused-ring (bicyclic) bond motifs is 3. The molecular weight excluding hydrogens is 406 g/mol. The summed E-state index contributed by atoms with van der Waals surface area (Å²) in [6.45, 7) is 8.46. The average molecular weight is 440 g/mol. The van der Waals surface area contributed by atoms with Gasteiger partial charge in [0.2, 0.25) is 0 Å². The molecule has 0 bridgehead atoms. The molecule has 2 aromatic carbocycles. The van der Waals surface area contributed by atoms with Gasteiger partial charge in [0.1, 0.15) is 11.5 Å². The van der Waals surface area contributed by atoms with Gasteiger partial charge >= 0.3 is 5.97 Å². The van der Waals surface area contributed by atoms with Crippen LogP contribution in [0.1, 0.15) is 35.3 Å². The zero-order valence-corrected chi connectivity index (χ0v) is 19.6. The first-order valence-electron chi connectivity index (χ1n) is 11.0. The maximum atomic E-state index is 11.8. The molecule has 0 aliphatic carbocycles. The molecule has 6 nitrogen and oxygen atoms in total. The molecule has 0 saturated carbocycles. The van der Waals surface area contributed by atoms with Crippen LogP contribution in [0.5, 0.6) is 11.5 Å². The van der Waals surface area contributed by atoms with Gasteiger partial charge in [-0.1, -0.05) is 26.0 Å². The van der Waals surface area contributed by atoms with E-state index >= 15 is 0 Å². The molecule has 1 fully saturated rings. The van der Waals surface area contributed by atoms with Gasteiger partial charge in [0.05, 0.1) is 33.0 Å². The third-order valence-electron chi connectivity index (χ3n) is 7.06. The van der Waals surface area contributed by atoms with E-state index < -0.39 is 0 Å². The third-order valence-corrected chi connectivity index (χ3v) is 7.06. The zero-order chi connectivity index (χ0) is 22.9. The molecule has 1 saturated heterocycles. The van der Waals surface area contributed by atoms with Crippen molar-refractivity contribution in [3.8, 4) is 11.5 Å². The van der Waals surface area contributed by atoms with Crippen molar-refractivity contribution in [1.29, 1.82) is 0 Å². The lowest BCUT2D eigenvalue weighted by molar-refractivity contribution is 0.0532. The van der Waals surface area contributed by atoms with Crippen molar-refractivity contribution >= 4 is 5.97 Å². The fraction of sp³-hybridized carbons (Fsp3) is 0.500. The number of likely N-dealkylation sites (tertiary alicyclic amines) is 1. The number of carbonyl (C=O) groups excluding carboxylic acids is 1. The molecule has 4 rings (SSSR count). The Morgan fingerprint density at radius 1 is 1.12 bits per heavy atom. The number of esters is 1. The van der Waals surface area contributed by atoms with Gasteiger partial charge in [0, 0.05) is 43.1 Å². The van der Waals surface area contributed by atoms with E-state index in [1.807, 2.05) is 36.4 Å². The molecule has 2 heterocycles. The van der Waals surface area contributed by atoms with Crippen molar-refractivity contribution in [2.24, 2.45) is 11.3 Å². The van der Waals surface area contributed by atoms with Crippen molar-refractivity contribution < 1.29 is 23.7 Å². The molecule has 0 unspecified atom stereocenters. The normalized spacial score (nSPS) is 24.1. The Balaban J connectivity index is 1.69. The highest BCUT2D eigenvalue weighted by atomic mass is 16.5. The van der Waals surface area contributed by atoms with Crippen molar-refractivity contribution in [3.63, 3.8) is 0 Å². The van der Waals surface area contributed by atoms with E-state index in [9.17, 15) is 4.79 Å². The van der Waals surface area contributed by atoms with E-state index in [1.165, 1.54) is 12.7 Å². The maximum absolute atomic E-state index is 11.8. The smallest absolute Gasteiger partial charge is 0.337 e. The first-order chi connectivity index (χ1) is 15.3. The van der Waals surface area contributed by atoms with E-state index in [1.54, 1.807) is 14.2 Å². The first kappa shape index (κ1) is 22.6. The first-order valence-corrected chi connectivity index (χ1v) is 11.0. The number of rotatable bonds is 6. The van der Waals surface area contributed by atoms with Gasteiger partial charge in [-0.15, -0.1) is 0 Å². The fourth-order valence-corrected chi connectivity index (χ4v) is 5.51. The number of methoxy groups -OCH3 is 3. The molecule has 0 N–H and O–H groups in total. The quantitative estimate of drug-likeness (QED) is 0.636. The highest BCUT2D eigenvalue weighted by Crippen LogP contribution is 2.53. The monoisotopic (exact) mass is 439 g/mol. The van der Waals surface area contributed by atoms with Gasteiger partial charge in [-0.2, -0.15) is 0 Å². The lowest BCUT2D eigenvalue weighted by Gasteiger charge is -2.40. The number of hydrogen-bond acceptors (Lipinski definition) is 6. The molecule has 32 heavy (non-hydrogen) atoms. The number of ether oxygens (including phenoxy) is 4. The van der Waals surface area contributed by atoms with Gasteiger partial charge in [-0.25, -0.2) is 4.79 Å². The highest BCUT2D eigenvalue weighted by Gasteiger charge is 2.56. The second-order valence-corrected chi connectivity index (χ2v) is 9.64. The van der Waals surface area contributed by atoms with Gasteiger partial charge in [0.15, 0.2) is 0 Å². The Labute approximate surface area is 190 Å². The molecule has 6 heteroatoms. The van der Waals surface area contributed by atoms with E-state index in [0.29, 0.717) is 24.7 Å². The predicted molar refractivity (Wildman–Crippen MR) is 122 cm³/mol. The summed E-state index contributed by atoms with van der Waals surface area (Å²) < 4.78 is 22.5. The Morgan fingerprint density at radius 2 is 1.88 bits per heavy atom. The van der Waals surface area contributed by atoms with E-state index in [0.717, 1.165) is 36.7 Å². The van der Waals surface area contributed by atoms with Gasteiger partial charge in [-0.05, 0) is 41.8 Å². The number of benzene rings is 2. The zero-order valence-electron chi connectivity index (χ0n) is 19.6. The van der Waals surface area contributed by atoms with Crippen molar-refractivity contribution in [1.82, 2.24) is 4.90 Å². The molecular formula is C26H33NO5. The average Bonchev–Trinajstić information content (AvgIpc) is 3.14. The largest absolute Gasteiger partial charge is 0.497 e. The summed E-state index contributed by atoms with van der Waals surface area (Å²) in [5, 5.41) is 0. The van der Waals surface area contributed by atoms with Crippen LogP contribution in [0.25, 0.3) is 0 Å². The highest BCUT2D eigenvalue weighted by molar-refractivity contribution is 5.89. The third kappa shape index (κ3) is 3.97. The van der Waals surface area contributed by atoms with E-state index in [4.69, 9.17) is 18.9 Å². The van der Waals surface area contributed by atoms with Crippen LogP contribution in [0.4, 0.5) is 0 Å². The lowest BCUT2D eigenvalue weighted by atomic mass is 9.63. The summed E-state index contributed by atoms with van der Waals surface area (Å²) in [5.74, 6) is 1.78. The molecule has 2 aromatic rings. The summed E-state index contributed by atoms with van der Waals surface area (Å²) in [7, 11) is 4.87. The van der Waals surface area contributed by atoms with Crippen molar-refractivity contribution in [2.75, 3.05) is 47.6 Å². The predicted octanol–water partition coefficient (Wildman–Crippen LogP) is 3.92. The SMILES string of the molecule is COC[C@@]12CN(Cc3ccc(C(=O)OC)cc3)C[C@@H]1C(C)(C)COc1ccc(OC)cc12. The summed E-state index contributed by atoms with van der Waals surface area (Å²) in [5.41, 5.74) is 2.66. The maximum Gasteiger partial charge on any atom is 0.337 e. The van der Waals surface area contributed by atoms with E-state index in [-0.39, 0.29) is 16.8 Å². The summed E-state index contributed by atoms with van der Waals surface area (Å²) in [6, 6.07) is 13.8. The van der Waals surface area contributed by atoms with Gasteiger partial charge in [-0.3, -0.25) is 4.90 Å². The van der Waals surface area contributed by atoms with Crippen LogP contribution in [0.3, 0.4) is 0 Å². The molecule has 0 aromatic heterocycles. The molecule has 0 spiro atoms. The van der Waals surface area contributed by atoms with Crippen molar-refractivity contribution in [3.05, 3.63) is 59.2 Å². The molecule has 0 radical (unpaired) electrons. The van der Waals surface area contributed by atoms with Gasteiger partial charge in [0.25, 0.3) is 0 Å². The molecule has 2 aliphatic rings. The topological polar surface area (TPSA) is 57.2 Å². The van der Waals surface area contributed by atoms with E-state index in [2.05, 4.69) is 24.8 Å². The van der Waals surface area contributed by atoms with Crippen LogP contribution in [0, 0.1) is 11.3 Å². The van der Waals surface area contributed by atoms with Crippen LogP contribution in [-0.2, 0) is 21.4 Å². The van der Waals surface area contributed by atoms with Crippen molar-refractivity contribution in [2.45, 2.75) is 25.8 Å². The second kappa shape index (κ2) is 8.75. The summed E-state index contributed by atoms with van der Waals surface area (Å²) >= 11 is 0. The Hall–Kier alpha value is -2.57. The van der Waals surface area contributed by atoms with Crippen LogP contribution in [0.2, 0.25) is 0 Å². The van der Waals surface area contributed by atoms with Gasteiger partial charge < -0.3 is 18.9 Å². The summed E-state index contributed by atoms with van der Waals surface area (Å²) in [4.78, 5) is 14.3. The Kier molecular flexibility index (Phi) is 6.19. The Morgan fingerprint density at radius 3 is 2.53 bits per heavy atom. The molecule has 2 aliphatic heterocycles. The summed E-state index contributed by atoms with van der Waals surface area (Å²) in [6.07, 6.45) is 0.